The van der Waals surface area contributed by atoms with E-state index in [9.17, 15) is 4.79 Å². The van der Waals surface area contributed by atoms with Gasteiger partial charge in [0.25, 0.3) is 0 Å². The van der Waals surface area contributed by atoms with E-state index in [1.807, 2.05) is 11.6 Å². The molecule has 0 saturated carbocycles. The first-order valence-corrected chi connectivity index (χ1v) is 5.88. The van der Waals surface area contributed by atoms with Crippen LogP contribution in [0.1, 0.15) is 23.0 Å². The highest BCUT2D eigenvalue weighted by Crippen LogP contribution is 2.28. The lowest BCUT2D eigenvalue weighted by Gasteiger charge is -2.11. The summed E-state index contributed by atoms with van der Waals surface area (Å²) in [5.74, 6) is 1.15. The number of imidazole rings is 1. The molecule has 0 aliphatic carbocycles. The molecule has 0 bridgehead atoms. The number of aromatic nitrogens is 2. The number of hydrogen-bond donors (Lipinski definition) is 0. The number of aryl methyl sites for hydroxylation is 1. The molecular formula is C14H16N2O3. The Labute approximate surface area is 111 Å². The maximum atomic E-state index is 11.3. The third-order valence-corrected chi connectivity index (χ3v) is 2.86. The predicted molar refractivity (Wildman–Crippen MR) is 70.5 cm³/mol. The summed E-state index contributed by atoms with van der Waals surface area (Å²) < 4.78 is 12.8. The van der Waals surface area contributed by atoms with Crippen molar-refractivity contribution in [2.24, 2.45) is 7.05 Å². The number of ketones is 1. The van der Waals surface area contributed by atoms with Crippen LogP contribution < -0.4 is 9.47 Å². The normalized spacial score (nSPS) is 10.3. The molecule has 0 atom stereocenters. The summed E-state index contributed by atoms with van der Waals surface area (Å²) in [6.07, 6.45) is 3.46. The van der Waals surface area contributed by atoms with Crippen molar-refractivity contribution < 1.29 is 14.3 Å². The van der Waals surface area contributed by atoms with Gasteiger partial charge in [-0.2, -0.15) is 0 Å². The van der Waals surface area contributed by atoms with Crippen LogP contribution in [0.25, 0.3) is 0 Å². The van der Waals surface area contributed by atoms with Crippen molar-refractivity contribution in [2.45, 2.75) is 13.5 Å². The number of Topliss-reactive ketones (excluding diaryl/α,β-unsaturated/α-hetero) is 1. The first kappa shape index (κ1) is 13.1. The zero-order valence-corrected chi connectivity index (χ0v) is 11.2. The summed E-state index contributed by atoms with van der Waals surface area (Å²) in [5, 5.41) is 0. The largest absolute Gasteiger partial charge is 0.493 e. The van der Waals surface area contributed by atoms with Gasteiger partial charge in [0.05, 0.1) is 25.3 Å². The minimum atomic E-state index is -0.00326. The van der Waals surface area contributed by atoms with E-state index >= 15 is 0 Å². The van der Waals surface area contributed by atoms with Crippen molar-refractivity contribution in [1.29, 1.82) is 0 Å². The van der Waals surface area contributed by atoms with Crippen LogP contribution in [0.5, 0.6) is 11.5 Å². The van der Waals surface area contributed by atoms with Gasteiger partial charge in [-0.05, 0) is 25.1 Å². The fourth-order valence-electron chi connectivity index (χ4n) is 1.68. The second kappa shape index (κ2) is 5.56. The molecule has 5 nitrogen and oxygen atoms in total. The molecule has 0 spiro atoms. The van der Waals surface area contributed by atoms with Crippen molar-refractivity contribution in [2.75, 3.05) is 7.11 Å². The van der Waals surface area contributed by atoms with Gasteiger partial charge in [0.15, 0.2) is 17.3 Å². The van der Waals surface area contributed by atoms with Gasteiger partial charge >= 0.3 is 0 Å². The molecule has 1 aromatic heterocycles. The molecule has 19 heavy (non-hydrogen) atoms. The minimum Gasteiger partial charge on any atom is -0.493 e. The third-order valence-electron chi connectivity index (χ3n) is 2.86. The molecule has 2 aromatic rings. The summed E-state index contributed by atoms with van der Waals surface area (Å²) in [6, 6.07) is 5.15. The Morgan fingerprint density at radius 3 is 2.74 bits per heavy atom. The first-order valence-electron chi connectivity index (χ1n) is 5.88. The van der Waals surface area contributed by atoms with Crippen LogP contribution in [0.15, 0.2) is 30.7 Å². The van der Waals surface area contributed by atoms with Crippen molar-refractivity contribution in [3.8, 4) is 11.5 Å². The average Bonchev–Trinajstić information content (AvgIpc) is 2.81. The van der Waals surface area contributed by atoms with Gasteiger partial charge in [-0.3, -0.25) is 4.79 Å². The molecule has 5 heteroatoms. The van der Waals surface area contributed by atoms with Crippen LogP contribution in [-0.4, -0.2) is 22.4 Å². The van der Waals surface area contributed by atoms with E-state index in [-0.39, 0.29) is 5.78 Å². The molecular weight excluding hydrogens is 244 g/mol. The van der Waals surface area contributed by atoms with Crippen molar-refractivity contribution in [3.05, 3.63) is 42.0 Å². The maximum Gasteiger partial charge on any atom is 0.161 e. The van der Waals surface area contributed by atoms with Crippen molar-refractivity contribution in [3.63, 3.8) is 0 Å². The number of ether oxygens (including phenoxy) is 2. The SMILES string of the molecule is COc1cc(C(C)=O)ccc1OCc1cncn1C. The van der Waals surface area contributed by atoms with Crippen LogP contribution in [0.2, 0.25) is 0 Å². The molecule has 0 radical (unpaired) electrons. The molecule has 0 aliphatic heterocycles. The van der Waals surface area contributed by atoms with Crippen LogP contribution in [0.4, 0.5) is 0 Å². The quantitative estimate of drug-likeness (QED) is 0.773. The minimum absolute atomic E-state index is 0.00326. The van der Waals surface area contributed by atoms with Crippen LogP contribution >= 0.6 is 0 Å². The molecule has 2 rings (SSSR count). The van der Waals surface area contributed by atoms with Gasteiger partial charge in [0, 0.05) is 12.6 Å². The molecule has 0 unspecified atom stereocenters. The number of carbonyl (C=O) groups excluding carboxylic acids is 1. The number of carbonyl (C=O) groups is 1. The Morgan fingerprint density at radius 1 is 1.37 bits per heavy atom. The molecule has 0 aliphatic rings. The monoisotopic (exact) mass is 260 g/mol. The summed E-state index contributed by atoms with van der Waals surface area (Å²) in [4.78, 5) is 15.3. The highest BCUT2D eigenvalue weighted by molar-refractivity contribution is 5.94. The van der Waals surface area contributed by atoms with Gasteiger partial charge in [-0.25, -0.2) is 4.98 Å². The van der Waals surface area contributed by atoms with E-state index in [1.165, 1.54) is 6.92 Å². The third kappa shape index (κ3) is 2.93. The Hall–Kier alpha value is -2.30. The Morgan fingerprint density at radius 2 is 2.16 bits per heavy atom. The first-order chi connectivity index (χ1) is 9.11. The second-order valence-electron chi connectivity index (χ2n) is 4.21. The van der Waals surface area contributed by atoms with Gasteiger partial charge < -0.3 is 14.0 Å². The highest BCUT2D eigenvalue weighted by Gasteiger charge is 2.09. The van der Waals surface area contributed by atoms with Crippen molar-refractivity contribution in [1.82, 2.24) is 9.55 Å². The molecule has 0 N–H and O–H groups in total. The summed E-state index contributed by atoms with van der Waals surface area (Å²) in [5.41, 5.74) is 1.56. The van der Waals surface area contributed by atoms with E-state index in [0.717, 1.165) is 5.69 Å². The topological polar surface area (TPSA) is 53.4 Å². The summed E-state index contributed by atoms with van der Waals surface area (Å²) in [7, 11) is 3.46. The summed E-state index contributed by atoms with van der Waals surface area (Å²) in [6.45, 7) is 1.91. The number of hydrogen-bond acceptors (Lipinski definition) is 4. The Balaban J connectivity index is 2.16. The Bertz CT molecular complexity index is 590. The molecule has 1 aromatic carbocycles. The number of nitrogens with zero attached hydrogens (tertiary/aromatic N) is 2. The molecule has 100 valence electrons. The molecule has 0 fully saturated rings. The lowest BCUT2D eigenvalue weighted by Crippen LogP contribution is -2.03. The number of rotatable bonds is 5. The van der Waals surface area contributed by atoms with Gasteiger partial charge in [-0.15, -0.1) is 0 Å². The van der Waals surface area contributed by atoms with E-state index < -0.39 is 0 Å². The number of methoxy groups -OCH3 is 1. The number of benzene rings is 1. The Kier molecular flexibility index (Phi) is 3.85. The lowest BCUT2D eigenvalue weighted by molar-refractivity contribution is 0.101. The average molecular weight is 260 g/mol. The van der Waals surface area contributed by atoms with E-state index in [1.54, 1.807) is 37.8 Å². The van der Waals surface area contributed by atoms with Crippen LogP contribution in [-0.2, 0) is 13.7 Å². The molecule has 0 saturated heterocycles. The fraction of sp³-hybridized carbons (Fsp3) is 0.286. The van der Waals surface area contributed by atoms with Crippen LogP contribution in [0.3, 0.4) is 0 Å². The smallest absolute Gasteiger partial charge is 0.161 e. The zero-order valence-electron chi connectivity index (χ0n) is 11.2. The molecule has 0 amide bonds. The lowest BCUT2D eigenvalue weighted by atomic mass is 10.1. The zero-order chi connectivity index (χ0) is 13.8. The fourth-order valence-corrected chi connectivity index (χ4v) is 1.68. The molecule has 1 heterocycles. The highest BCUT2D eigenvalue weighted by atomic mass is 16.5. The van der Waals surface area contributed by atoms with Gasteiger partial charge in [0.2, 0.25) is 0 Å². The van der Waals surface area contributed by atoms with Crippen LogP contribution in [0, 0.1) is 0 Å². The van der Waals surface area contributed by atoms with E-state index in [0.29, 0.717) is 23.7 Å². The van der Waals surface area contributed by atoms with Gasteiger partial charge in [0.1, 0.15) is 6.61 Å². The second-order valence-corrected chi connectivity index (χ2v) is 4.21. The van der Waals surface area contributed by atoms with E-state index in [2.05, 4.69) is 4.98 Å². The standard InChI is InChI=1S/C14H16N2O3/c1-10(17)11-4-5-13(14(6-11)18-3)19-8-12-7-15-9-16(12)2/h4-7,9H,8H2,1-3H3. The summed E-state index contributed by atoms with van der Waals surface area (Å²) >= 11 is 0. The van der Waals surface area contributed by atoms with Gasteiger partial charge in [-0.1, -0.05) is 0 Å². The van der Waals surface area contributed by atoms with Crippen molar-refractivity contribution >= 4 is 5.78 Å². The maximum absolute atomic E-state index is 11.3. The predicted octanol–water partition coefficient (Wildman–Crippen LogP) is 2.21. The van der Waals surface area contributed by atoms with E-state index in [4.69, 9.17) is 9.47 Å².